The van der Waals surface area contributed by atoms with E-state index in [2.05, 4.69) is 184 Å². The summed E-state index contributed by atoms with van der Waals surface area (Å²) >= 11 is 0. The largest absolute Gasteiger partial charge is 0.472 e. The Bertz CT molecular complexity index is 1890. The van der Waals surface area contributed by atoms with E-state index < -0.39 is 32.5 Å². The zero-order chi connectivity index (χ0) is 57.3. The molecule has 0 radical (unpaired) electrons. The molecule has 0 bridgehead atoms. The van der Waals surface area contributed by atoms with Gasteiger partial charge >= 0.3 is 19.8 Å². The van der Waals surface area contributed by atoms with Crippen molar-refractivity contribution in [2.75, 3.05) is 26.4 Å². The van der Waals surface area contributed by atoms with Crippen molar-refractivity contribution >= 4 is 19.8 Å². The first-order chi connectivity index (χ1) is 38.8. The van der Waals surface area contributed by atoms with Gasteiger partial charge in [-0.15, -0.1) is 0 Å². The minimum Gasteiger partial charge on any atom is -0.462 e. The summed E-state index contributed by atoms with van der Waals surface area (Å²) in [6, 6.07) is 0. The third-order valence-corrected chi connectivity index (χ3v) is 13.1. The van der Waals surface area contributed by atoms with Crippen molar-refractivity contribution in [1.82, 2.24) is 0 Å². The first-order valence-electron chi connectivity index (χ1n) is 30.6. The number of allylic oxidation sites excluding steroid dienone is 28. The Hall–Kier alpha value is -4.63. The second-order valence-electron chi connectivity index (χ2n) is 19.5. The molecule has 2 atom stereocenters. The van der Waals surface area contributed by atoms with E-state index >= 15 is 0 Å². The van der Waals surface area contributed by atoms with Crippen LogP contribution >= 0.6 is 7.82 Å². The lowest BCUT2D eigenvalue weighted by atomic mass is 10.0. The quantitative estimate of drug-likeness (QED) is 0.0264. The average molecular weight is 1110 g/mol. The maximum atomic E-state index is 12.7. The lowest BCUT2D eigenvalue weighted by Crippen LogP contribution is -2.29. The predicted octanol–water partition coefficient (Wildman–Crippen LogP) is 19.8. The van der Waals surface area contributed by atoms with Gasteiger partial charge in [-0.05, 0) is 128 Å². The van der Waals surface area contributed by atoms with Crippen LogP contribution in [0.5, 0.6) is 0 Å². The van der Waals surface area contributed by atoms with Crippen LogP contribution in [-0.4, -0.2) is 49.3 Å². The number of hydrogen-bond acceptors (Lipinski definition) is 8. The Morgan fingerprint density at radius 3 is 0.987 bits per heavy atom. The topological polar surface area (TPSA) is 134 Å². The fraction of sp³-hybridized carbons (Fsp3) is 0.565. The Labute approximate surface area is 482 Å². The summed E-state index contributed by atoms with van der Waals surface area (Å²) in [5.74, 6) is -0.881. The van der Waals surface area contributed by atoms with Crippen molar-refractivity contribution in [3.8, 4) is 0 Å². The summed E-state index contributed by atoms with van der Waals surface area (Å²) in [4.78, 5) is 35.2. The molecule has 9 nitrogen and oxygen atoms in total. The van der Waals surface area contributed by atoms with E-state index in [1.807, 2.05) is 0 Å². The van der Waals surface area contributed by atoms with Crippen molar-refractivity contribution in [2.24, 2.45) is 5.73 Å². The van der Waals surface area contributed by atoms with Gasteiger partial charge in [-0.1, -0.05) is 248 Å². The molecule has 0 amide bonds. The van der Waals surface area contributed by atoms with Crippen LogP contribution in [0.4, 0.5) is 0 Å². The van der Waals surface area contributed by atoms with Gasteiger partial charge in [0.15, 0.2) is 6.10 Å². The van der Waals surface area contributed by atoms with Crippen LogP contribution in [0.3, 0.4) is 0 Å². The molecule has 3 N–H and O–H groups in total. The van der Waals surface area contributed by atoms with Gasteiger partial charge in [0.25, 0.3) is 0 Å². The third kappa shape index (κ3) is 62.4. The van der Waals surface area contributed by atoms with Gasteiger partial charge in [0.2, 0.25) is 0 Å². The van der Waals surface area contributed by atoms with Crippen molar-refractivity contribution in [3.63, 3.8) is 0 Å². The van der Waals surface area contributed by atoms with Crippen LogP contribution in [0.2, 0.25) is 0 Å². The number of hydrogen-bond donors (Lipinski definition) is 2. The minimum atomic E-state index is -4.41. The Kier molecular flexibility index (Phi) is 58.9. The number of carbonyl (C=O) groups excluding carboxylic acids is 2. The molecule has 10 heteroatoms. The Balaban J connectivity index is 4.01. The SMILES string of the molecule is CC/C=C\C/C=C\C/C=C\C/C=C\C/C=C\C/C=C\C/C=C\C/C=C\C/C=C\CCCCCCCCCCCCCC(=O)OC(COC(=O)CCCCC/C=C\C/C=C\C/C=C\C/C=C\C/C=C\CC)COP(=O)(O)OCCN. The summed E-state index contributed by atoms with van der Waals surface area (Å²) in [6.07, 6.45) is 92.7. The van der Waals surface area contributed by atoms with Crippen LogP contribution in [0.15, 0.2) is 170 Å². The summed E-state index contributed by atoms with van der Waals surface area (Å²) in [5, 5.41) is 0. The molecule has 2 unspecified atom stereocenters. The zero-order valence-corrected chi connectivity index (χ0v) is 50.4. The number of phosphoric acid groups is 1. The second-order valence-corrected chi connectivity index (χ2v) is 20.9. The van der Waals surface area contributed by atoms with E-state index in [0.717, 1.165) is 135 Å². The van der Waals surface area contributed by atoms with Crippen LogP contribution in [0.1, 0.15) is 219 Å². The molecule has 444 valence electrons. The van der Waals surface area contributed by atoms with Gasteiger partial charge in [0.1, 0.15) is 6.61 Å². The number of unbranched alkanes of at least 4 members (excludes halogenated alkanes) is 14. The van der Waals surface area contributed by atoms with E-state index in [4.69, 9.17) is 24.3 Å². The first kappa shape index (κ1) is 74.4. The van der Waals surface area contributed by atoms with E-state index in [9.17, 15) is 19.0 Å². The maximum Gasteiger partial charge on any atom is 0.472 e. The lowest BCUT2D eigenvalue weighted by molar-refractivity contribution is -0.161. The predicted molar refractivity (Wildman–Crippen MR) is 339 cm³/mol. The maximum absolute atomic E-state index is 12.7. The number of ether oxygens (including phenoxy) is 2. The molecule has 0 aliphatic carbocycles. The monoisotopic (exact) mass is 1110 g/mol. The Morgan fingerprint density at radius 1 is 0.380 bits per heavy atom. The number of nitrogens with two attached hydrogens (primary N) is 1. The zero-order valence-electron chi connectivity index (χ0n) is 49.5. The first-order valence-corrected chi connectivity index (χ1v) is 32.1. The van der Waals surface area contributed by atoms with E-state index in [-0.39, 0.29) is 32.6 Å². The van der Waals surface area contributed by atoms with Crippen molar-refractivity contribution < 1.29 is 37.6 Å². The summed E-state index contributed by atoms with van der Waals surface area (Å²) in [6.45, 7) is 3.45. The smallest absolute Gasteiger partial charge is 0.462 e. The number of carbonyl (C=O) groups is 2. The molecular formula is C69H110NO8P. The van der Waals surface area contributed by atoms with Gasteiger partial charge in [0.05, 0.1) is 13.2 Å². The molecule has 0 aliphatic rings. The lowest BCUT2D eigenvalue weighted by Gasteiger charge is -2.19. The number of esters is 2. The Morgan fingerprint density at radius 2 is 0.658 bits per heavy atom. The standard InChI is InChI=1S/C69H110NO8P/c1-3-5-7-9-11-13-15-17-19-21-23-24-25-26-27-28-29-30-31-32-33-34-35-36-37-38-39-40-41-42-44-46-48-50-52-54-56-58-60-62-69(72)78-67(66-77-79(73,74)76-64-63-70)65-75-68(71)61-59-57-55-53-51-49-47-45-43-22-20-18-16-14-12-10-8-6-4-2/h5-8,11-14,17-20,23-24,26-27,29-30,32-33,35-36,38-39,43,45,49,51,67H,3-4,9-10,15-16,21-22,25,28,31,34,37,40-42,44,46-48,50,52-66,70H2,1-2H3,(H,73,74)/b7-5-,8-6-,13-11-,14-12-,19-17-,20-18-,24-23-,27-26-,30-29-,33-32-,36-35-,39-38-,45-43-,51-49-. The highest BCUT2D eigenvalue weighted by Crippen LogP contribution is 2.43. The highest BCUT2D eigenvalue weighted by atomic mass is 31.2. The van der Waals surface area contributed by atoms with E-state index in [1.54, 1.807) is 0 Å². The summed E-state index contributed by atoms with van der Waals surface area (Å²) < 4.78 is 33.0. The van der Waals surface area contributed by atoms with Gasteiger partial charge in [0, 0.05) is 19.4 Å². The minimum absolute atomic E-state index is 0.0393. The third-order valence-electron chi connectivity index (χ3n) is 12.1. The molecule has 0 rings (SSSR count). The van der Waals surface area contributed by atoms with Crippen LogP contribution < -0.4 is 5.73 Å². The molecule has 0 heterocycles. The van der Waals surface area contributed by atoms with Gasteiger partial charge in [-0.3, -0.25) is 18.6 Å². The van der Waals surface area contributed by atoms with E-state index in [1.165, 1.54) is 44.9 Å². The molecule has 0 fully saturated rings. The molecule has 0 saturated heterocycles. The van der Waals surface area contributed by atoms with Crippen LogP contribution in [-0.2, 0) is 32.7 Å². The molecule has 0 aromatic rings. The average Bonchev–Trinajstić information content (AvgIpc) is 3.44. The van der Waals surface area contributed by atoms with Crippen LogP contribution in [0, 0.1) is 0 Å². The fourth-order valence-corrected chi connectivity index (χ4v) is 8.42. The molecule has 0 saturated carbocycles. The van der Waals surface area contributed by atoms with Crippen LogP contribution in [0.25, 0.3) is 0 Å². The van der Waals surface area contributed by atoms with Gasteiger partial charge in [-0.25, -0.2) is 4.57 Å². The number of phosphoric ester groups is 1. The second kappa shape index (κ2) is 62.6. The normalized spacial score (nSPS) is 14.2. The molecule has 0 aromatic carbocycles. The van der Waals surface area contributed by atoms with E-state index in [0.29, 0.717) is 12.8 Å². The molecular weight excluding hydrogens is 1000 g/mol. The molecule has 0 spiro atoms. The van der Waals surface area contributed by atoms with Gasteiger partial charge in [-0.2, -0.15) is 0 Å². The fourth-order valence-electron chi connectivity index (χ4n) is 7.65. The highest BCUT2D eigenvalue weighted by molar-refractivity contribution is 7.47. The van der Waals surface area contributed by atoms with Crippen molar-refractivity contribution in [3.05, 3.63) is 170 Å². The summed E-state index contributed by atoms with van der Waals surface area (Å²) in [7, 11) is -4.41. The van der Waals surface area contributed by atoms with Crippen molar-refractivity contribution in [2.45, 2.75) is 225 Å². The number of rotatable bonds is 55. The summed E-state index contributed by atoms with van der Waals surface area (Å²) in [5.41, 5.74) is 5.38. The van der Waals surface area contributed by atoms with Crippen molar-refractivity contribution in [1.29, 1.82) is 0 Å². The molecule has 0 aliphatic heterocycles. The van der Waals surface area contributed by atoms with Gasteiger partial charge < -0.3 is 20.1 Å². The molecule has 79 heavy (non-hydrogen) atoms. The highest BCUT2D eigenvalue weighted by Gasteiger charge is 2.26. The molecule has 0 aromatic heterocycles.